The number of hydrogen-bond donors (Lipinski definition) is 2. The molecule has 2 aromatic carbocycles. The Labute approximate surface area is 173 Å². The molecule has 0 saturated carbocycles. The van der Waals surface area contributed by atoms with Gasteiger partial charge in [-0.15, -0.1) is 0 Å². The fraction of sp³-hybridized carbons (Fsp3) is 0.368. The molecule has 0 unspecified atom stereocenters. The molecule has 1 aliphatic rings. The second-order valence-corrected chi connectivity index (χ2v) is 18.2. The molecule has 0 spiro atoms. The van der Waals surface area contributed by atoms with E-state index in [0.29, 0.717) is 18.8 Å². The summed E-state index contributed by atoms with van der Waals surface area (Å²) in [5, 5.41) is 14.2. The van der Waals surface area contributed by atoms with Crippen molar-refractivity contribution in [1.82, 2.24) is 0 Å². The van der Waals surface area contributed by atoms with Gasteiger partial charge in [0.1, 0.15) is 11.4 Å². The van der Waals surface area contributed by atoms with Crippen molar-refractivity contribution in [3.63, 3.8) is 0 Å². The molecule has 10 heteroatoms. The highest BCUT2D eigenvalue weighted by Crippen LogP contribution is 2.39. The summed E-state index contributed by atoms with van der Waals surface area (Å²) in [6, 6.07) is 15.2. The van der Waals surface area contributed by atoms with Crippen LogP contribution in [0.5, 0.6) is 5.75 Å². The molecule has 0 aromatic heterocycles. The number of phenolic OH excluding ortho intramolecular Hbond substituents is 1. The lowest BCUT2D eigenvalue weighted by atomic mass is 10.3. The summed E-state index contributed by atoms with van der Waals surface area (Å²) >= 11 is 0. The van der Waals surface area contributed by atoms with E-state index >= 15 is 0 Å². The smallest absolute Gasteiger partial charge is 0.502 e. The van der Waals surface area contributed by atoms with Crippen molar-refractivity contribution >= 4 is 33.2 Å². The van der Waals surface area contributed by atoms with Crippen molar-refractivity contribution in [2.75, 3.05) is 50.0 Å². The first-order valence-corrected chi connectivity index (χ1v) is 15.0. The number of phenols is 1. The Balaban J connectivity index is 1.79. The molecule has 0 aliphatic carbocycles. The first kappa shape index (κ1) is 21.6. The lowest BCUT2D eigenvalue weighted by Gasteiger charge is -2.37. The summed E-state index contributed by atoms with van der Waals surface area (Å²) in [6.07, 6.45) is 0. The lowest BCUT2D eigenvalue weighted by molar-refractivity contribution is 0.134. The third-order valence-corrected chi connectivity index (χ3v) is 15.8. The Kier molecular flexibility index (Phi) is 6.51. The molecule has 8 nitrogen and oxygen atoms in total. The zero-order valence-electron chi connectivity index (χ0n) is 17.5. The number of nitrogens with one attached hydrogen (secondary N) is 1. The minimum absolute atomic E-state index is 0.193. The molecular weight excluding hydrogens is 406 g/mol. The predicted molar refractivity (Wildman–Crippen MR) is 118 cm³/mol. The number of hydrogen-bond acceptors (Lipinski definition) is 8. The first-order chi connectivity index (χ1) is 13.9. The van der Waals surface area contributed by atoms with Crippen LogP contribution in [0.4, 0.5) is 17.1 Å². The monoisotopic (exact) mass is 435 g/mol. The minimum Gasteiger partial charge on any atom is -0.506 e. The molecule has 0 atom stereocenters. The molecule has 158 valence electrons. The van der Waals surface area contributed by atoms with E-state index < -0.39 is 16.2 Å². The molecule has 0 amide bonds. The maximum atomic E-state index is 10.3. The van der Waals surface area contributed by atoms with Gasteiger partial charge >= 0.3 is 8.32 Å². The highest BCUT2D eigenvalue weighted by atomic mass is 29.3. The van der Waals surface area contributed by atoms with E-state index in [9.17, 15) is 5.11 Å². The fourth-order valence-electron chi connectivity index (χ4n) is 3.59. The number of benzene rings is 2. The summed E-state index contributed by atoms with van der Waals surface area (Å²) in [6.45, 7) is 5.11. The van der Waals surface area contributed by atoms with Crippen LogP contribution in [0.1, 0.15) is 0 Å². The third kappa shape index (κ3) is 3.99. The molecule has 2 aromatic rings. The molecule has 29 heavy (non-hydrogen) atoms. The van der Waals surface area contributed by atoms with E-state index in [1.165, 1.54) is 0 Å². The second-order valence-electron chi connectivity index (χ2n) is 7.08. The van der Waals surface area contributed by atoms with Gasteiger partial charge in [-0.2, -0.15) is 5.12 Å². The van der Waals surface area contributed by atoms with Crippen molar-refractivity contribution in [3.05, 3.63) is 48.5 Å². The normalized spacial score (nSPS) is 14.1. The van der Waals surface area contributed by atoms with Crippen molar-refractivity contribution < 1.29 is 22.8 Å². The van der Waals surface area contributed by atoms with Crippen LogP contribution in [-0.2, 0) is 17.7 Å². The van der Waals surface area contributed by atoms with E-state index in [2.05, 4.69) is 5.43 Å². The van der Waals surface area contributed by atoms with Gasteiger partial charge in [0.15, 0.2) is 0 Å². The number of fused-ring (bicyclic) bond motifs is 1. The SMILES string of the molecule is CO[Si](OC)(OC)[Si](C)(C)OCCN1c2ccccc2NN1c1ccccc1O. The largest absolute Gasteiger partial charge is 0.506 e. The van der Waals surface area contributed by atoms with E-state index in [1.807, 2.05) is 59.6 Å². The molecule has 0 fully saturated rings. The molecule has 0 radical (unpaired) electrons. The van der Waals surface area contributed by atoms with Crippen molar-refractivity contribution in [2.45, 2.75) is 13.1 Å². The van der Waals surface area contributed by atoms with Crippen LogP contribution >= 0.6 is 0 Å². The summed E-state index contributed by atoms with van der Waals surface area (Å²) in [4.78, 5) is 0. The Bertz CT molecular complexity index is 827. The van der Waals surface area contributed by atoms with E-state index in [4.69, 9.17) is 17.7 Å². The predicted octanol–water partition coefficient (Wildman–Crippen LogP) is 3.14. The Hall–Kier alpha value is -2.09. The highest BCUT2D eigenvalue weighted by Gasteiger charge is 2.57. The van der Waals surface area contributed by atoms with E-state index in [-0.39, 0.29) is 5.75 Å². The number of nitrogens with zero attached hydrogens (tertiary/aromatic N) is 2. The zero-order chi connectivity index (χ0) is 21.1. The molecule has 0 saturated heterocycles. The number of anilines is 3. The maximum Gasteiger partial charge on any atom is 0.502 e. The first-order valence-electron chi connectivity index (χ1n) is 9.40. The van der Waals surface area contributed by atoms with Gasteiger partial charge in [0.25, 0.3) is 7.83 Å². The Morgan fingerprint density at radius 2 is 1.48 bits per heavy atom. The second kappa shape index (κ2) is 8.73. The van der Waals surface area contributed by atoms with E-state index in [1.54, 1.807) is 33.5 Å². The summed E-state index contributed by atoms with van der Waals surface area (Å²) in [7, 11) is -0.429. The van der Waals surface area contributed by atoms with Crippen LogP contribution in [0.15, 0.2) is 48.5 Å². The summed E-state index contributed by atoms with van der Waals surface area (Å²) in [5.74, 6) is 0.193. The topological polar surface area (TPSA) is 75.7 Å². The van der Waals surface area contributed by atoms with Gasteiger partial charge in [0.2, 0.25) is 0 Å². The quantitative estimate of drug-likeness (QED) is 0.582. The zero-order valence-corrected chi connectivity index (χ0v) is 19.5. The van der Waals surface area contributed by atoms with Crippen LogP contribution in [0.25, 0.3) is 0 Å². The van der Waals surface area contributed by atoms with E-state index in [0.717, 1.165) is 11.4 Å². The van der Waals surface area contributed by atoms with Gasteiger partial charge in [0, 0.05) is 21.3 Å². The molecule has 2 N–H and O–H groups in total. The average Bonchev–Trinajstić information content (AvgIpc) is 3.08. The standard InChI is InChI=1S/C19H29N3O5Si2/c1-24-29(25-2,26-3)28(4,5)27-15-14-21-17-11-7-6-10-16(17)20-22(21)18-12-8-9-13-19(18)23/h6-13,20,23H,14-15H2,1-5H3. The number of aromatic hydroxyl groups is 1. The lowest BCUT2D eigenvalue weighted by Crippen LogP contribution is -2.66. The van der Waals surface area contributed by atoms with Crippen LogP contribution in [0, 0.1) is 0 Å². The maximum absolute atomic E-state index is 10.3. The molecule has 1 heterocycles. The summed E-state index contributed by atoms with van der Waals surface area (Å²) in [5.41, 5.74) is 5.97. The van der Waals surface area contributed by atoms with Gasteiger partial charge in [0.05, 0.1) is 24.5 Å². The highest BCUT2D eigenvalue weighted by molar-refractivity contribution is 7.31. The number of rotatable bonds is 9. The molecule has 0 bridgehead atoms. The fourth-order valence-corrected chi connectivity index (χ4v) is 11.6. The van der Waals surface area contributed by atoms with Gasteiger partial charge in [-0.3, -0.25) is 10.4 Å². The Morgan fingerprint density at radius 3 is 2.10 bits per heavy atom. The van der Waals surface area contributed by atoms with Gasteiger partial charge in [-0.05, 0) is 37.4 Å². The van der Waals surface area contributed by atoms with Crippen molar-refractivity contribution in [2.24, 2.45) is 0 Å². The van der Waals surface area contributed by atoms with Gasteiger partial charge in [-0.1, -0.05) is 24.3 Å². The van der Waals surface area contributed by atoms with Crippen LogP contribution in [0.3, 0.4) is 0 Å². The molecule has 1 aliphatic heterocycles. The third-order valence-electron chi connectivity index (χ3n) is 5.07. The van der Waals surface area contributed by atoms with Crippen LogP contribution in [-0.4, -0.2) is 55.7 Å². The van der Waals surface area contributed by atoms with Crippen LogP contribution in [0.2, 0.25) is 13.1 Å². The van der Waals surface area contributed by atoms with Crippen molar-refractivity contribution in [1.29, 1.82) is 0 Å². The van der Waals surface area contributed by atoms with Gasteiger partial charge in [-0.25, -0.2) is 0 Å². The minimum atomic E-state index is -2.85. The number of para-hydroxylation sites is 4. The van der Waals surface area contributed by atoms with Crippen LogP contribution < -0.4 is 15.6 Å². The Morgan fingerprint density at radius 1 is 0.897 bits per heavy atom. The summed E-state index contributed by atoms with van der Waals surface area (Å²) < 4.78 is 23.3. The van der Waals surface area contributed by atoms with Crippen molar-refractivity contribution in [3.8, 4) is 5.75 Å². The average molecular weight is 436 g/mol. The van der Waals surface area contributed by atoms with Gasteiger partial charge < -0.3 is 22.8 Å². The molecule has 3 rings (SSSR count). The number of hydrazine groups is 2. The molecular formula is C19H29N3O5Si2.